The maximum atomic E-state index is 11.4. The molecule has 0 aliphatic rings. The highest BCUT2D eigenvalue weighted by Crippen LogP contribution is 2.04. The number of aryl methyl sites for hydroxylation is 1. The van der Waals surface area contributed by atoms with Crippen molar-refractivity contribution in [2.24, 2.45) is 0 Å². The molecule has 0 saturated heterocycles. The summed E-state index contributed by atoms with van der Waals surface area (Å²) in [5.41, 5.74) is 1.66. The lowest BCUT2D eigenvalue weighted by Gasteiger charge is -2.01. The predicted molar refractivity (Wildman–Crippen MR) is 52.1 cm³/mol. The second-order valence-corrected chi connectivity index (χ2v) is 3.07. The molecule has 0 heterocycles. The van der Waals surface area contributed by atoms with Gasteiger partial charge in [0.25, 0.3) is 0 Å². The lowest BCUT2D eigenvalue weighted by Crippen LogP contribution is -2.11. The van der Waals surface area contributed by atoms with Crippen molar-refractivity contribution in [1.82, 2.24) is 0 Å². The maximum Gasteiger partial charge on any atom is 0.303 e. The first-order chi connectivity index (χ1) is 6.59. The van der Waals surface area contributed by atoms with Gasteiger partial charge in [0.1, 0.15) is 0 Å². The van der Waals surface area contributed by atoms with Crippen LogP contribution < -0.4 is 0 Å². The van der Waals surface area contributed by atoms with Crippen molar-refractivity contribution < 1.29 is 14.3 Å². The summed E-state index contributed by atoms with van der Waals surface area (Å²) in [5, 5.41) is 0. The molecule has 3 heteroatoms. The normalized spacial score (nSPS) is 9.57. The summed E-state index contributed by atoms with van der Waals surface area (Å²) in [5.74, 6) is -0.620. The molecular formula is C11H12O3. The van der Waals surface area contributed by atoms with Gasteiger partial charge in [0.05, 0.1) is 0 Å². The monoisotopic (exact) mass is 192 g/mol. The standard InChI is InChI=1S/C11H12O3/c1-8-3-5-10(6-4-8)11(13)7-14-9(2)12/h3-6H,7H2,1-2H3. The highest BCUT2D eigenvalue weighted by atomic mass is 16.5. The van der Waals surface area contributed by atoms with Crippen LogP contribution in [0.3, 0.4) is 0 Å². The molecular weight excluding hydrogens is 180 g/mol. The van der Waals surface area contributed by atoms with Crippen molar-refractivity contribution in [3.8, 4) is 0 Å². The van der Waals surface area contributed by atoms with Crippen molar-refractivity contribution >= 4 is 11.8 Å². The Labute approximate surface area is 82.7 Å². The van der Waals surface area contributed by atoms with E-state index in [2.05, 4.69) is 4.74 Å². The molecule has 3 nitrogen and oxygen atoms in total. The Kier molecular flexibility index (Phi) is 3.40. The highest BCUT2D eigenvalue weighted by Gasteiger charge is 2.06. The van der Waals surface area contributed by atoms with E-state index < -0.39 is 5.97 Å². The number of carbonyl (C=O) groups excluding carboxylic acids is 2. The average molecular weight is 192 g/mol. The third-order valence-corrected chi connectivity index (χ3v) is 1.78. The van der Waals surface area contributed by atoms with Crippen LogP contribution in [0, 0.1) is 6.92 Å². The molecule has 0 aliphatic heterocycles. The van der Waals surface area contributed by atoms with Gasteiger partial charge in [-0.15, -0.1) is 0 Å². The molecule has 0 fully saturated rings. The van der Waals surface area contributed by atoms with E-state index in [1.165, 1.54) is 6.92 Å². The Balaban J connectivity index is 2.61. The molecule has 0 aromatic heterocycles. The van der Waals surface area contributed by atoms with Gasteiger partial charge in [-0.05, 0) is 6.92 Å². The summed E-state index contributed by atoms with van der Waals surface area (Å²) in [4.78, 5) is 21.8. The first-order valence-electron chi connectivity index (χ1n) is 4.33. The largest absolute Gasteiger partial charge is 0.457 e. The average Bonchev–Trinajstić information content (AvgIpc) is 2.15. The van der Waals surface area contributed by atoms with Gasteiger partial charge in [-0.3, -0.25) is 9.59 Å². The summed E-state index contributed by atoms with van der Waals surface area (Å²) in [7, 11) is 0. The number of ether oxygens (including phenoxy) is 1. The van der Waals surface area contributed by atoms with Crippen LogP contribution in [0.4, 0.5) is 0 Å². The number of ketones is 1. The van der Waals surface area contributed by atoms with Crippen molar-refractivity contribution in [3.63, 3.8) is 0 Å². The van der Waals surface area contributed by atoms with E-state index in [1.54, 1.807) is 12.1 Å². The first kappa shape index (κ1) is 10.4. The van der Waals surface area contributed by atoms with Crippen LogP contribution in [0.1, 0.15) is 22.8 Å². The number of Topliss-reactive ketones (excluding diaryl/α,β-unsaturated/α-hetero) is 1. The minimum absolute atomic E-state index is 0.180. The SMILES string of the molecule is CC(=O)OCC(=O)c1ccc(C)cc1. The van der Waals surface area contributed by atoms with E-state index in [0.717, 1.165) is 5.56 Å². The maximum absolute atomic E-state index is 11.4. The third-order valence-electron chi connectivity index (χ3n) is 1.78. The fourth-order valence-corrected chi connectivity index (χ4v) is 0.990. The minimum Gasteiger partial charge on any atom is -0.457 e. The van der Waals surface area contributed by atoms with E-state index in [1.807, 2.05) is 19.1 Å². The molecule has 0 N–H and O–H groups in total. The quantitative estimate of drug-likeness (QED) is 0.541. The van der Waals surface area contributed by atoms with E-state index in [4.69, 9.17) is 0 Å². The number of benzene rings is 1. The van der Waals surface area contributed by atoms with Crippen molar-refractivity contribution in [3.05, 3.63) is 35.4 Å². The first-order valence-corrected chi connectivity index (χ1v) is 4.33. The smallest absolute Gasteiger partial charge is 0.303 e. The zero-order chi connectivity index (χ0) is 10.6. The van der Waals surface area contributed by atoms with Crippen LogP contribution >= 0.6 is 0 Å². The highest BCUT2D eigenvalue weighted by molar-refractivity contribution is 5.97. The number of esters is 1. The number of carbonyl (C=O) groups is 2. The molecule has 1 aromatic carbocycles. The molecule has 74 valence electrons. The van der Waals surface area contributed by atoms with Gasteiger partial charge in [0, 0.05) is 12.5 Å². The van der Waals surface area contributed by atoms with Gasteiger partial charge < -0.3 is 4.74 Å². The molecule has 0 atom stereocenters. The van der Waals surface area contributed by atoms with E-state index >= 15 is 0 Å². The Morgan fingerprint density at radius 1 is 1.21 bits per heavy atom. The molecule has 0 aliphatic carbocycles. The van der Waals surface area contributed by atoms with Gasteiger partial charge >= 0.3 is 5.97 Å². The van der Waals surface area contributed by atoms with Crippen LogP contribution in [-0.4, -0.2) is 18.4 Å². The lowest BCUT2D eigenvalue weighted by molar-refractivity contribution is -0.139. The van der Waals surface area contributed by atoms with Gasteiger partial charge in [0.15, 0.2) is 12.4 Å². The minimum atomic E-state index is -0.439. The number of rotatable bonds is 3. The van der Waals surface area contributed by atoms with E-state index in [0.29, 0.717) is 5.56 Å². The summed E-state index contributed by atoms with van der Waals surface area (Å²) in [6, 6.07) is 7.14. The zero-order valence-corrected chi connectivity index (χ0v) is 8.24. The Bertz CT molecular complexity index is 338. The molecule has 0 saturated carbocycles. The summed E-state index contributed by atoms with van der Waals surface area (Å²) in [6.07, 6.45) is 0. The van der Waals surface area contributed by atoms with E-state index in [-0.39, 0.29) is 12.4 Å². The topological polar surface area (TPSA) is 43.4 Å². The number of hydrogen-bond donors (Lipinski definition) is 0. The zero-order valence-electron chi connectivity index (χ0n) is 8.24. The summed E-state index contributed by atoms with van der Waals surface area (Å²) in [6.45, 7) is 3.04. The fraction of sp³-hybridized carbons (Fsp3) is 0.273. The van der Waals surface area contributed by atoms with Crippen LogP contribution in [-0.2, 0) is 9.53 Å². The molecule has 0 spiro atoms. The van der Waals surface area contributed by atoms with Gasteiger partial charge in [0.2, 0.25) is 0 Å². The molecule has 0 unspecified atom stereocenters. The Morgan fingerprint density at radius 2 is 1.79 bits per heavy atom. The van der Waals surface area contributed by atoms with Gasteiger partial charge in [-0.25, -0.2) is 0 Å². The lowest BCUT2D eigenvalue weighted by atomic mass is 10.1. The molecule has 0 amide bonds. The molecule has 1 aromatic rings. The second-order valence-electron chi connectivity index (χ2n) is 3.07. The van der Waals surface area contributed by atoms with Crippen molar-refractivity contribution in [2.45, 2.75) is 13.8 Å². The molecule has 0 bridgehead atoms. The molecule has 1 rings (SSSR count). The van der Waals surface area contributed by atoms with Crippen molar-refractivity contribution in [1.29, 1.82) is 0 Å². The van der Waals surface area contributed by atoms with Crippen LogP contribution in [0.25, 0.3) is 0 Å². The van der Waals surface area contributed by atoms with Crippen LogP contribution in [0.15, 0.2) is 24.3 Å². The Morgan fingerprint density at radius 3 is 2.29 bits per heavy atom. The van der Waals surface area contributed by atoms with Crippen LogP contribution in [0.2, 0.25) is 0 Å². The van der Waals surface area contributed by atoms with Gasteiger partial charge in [-0.1, -0.05) is 29.8 Å². The van der Waals surface area contributed by atoms with E-state index in [9.17, 15) is 9.59 Å². The number of hydrogen-bond acceptors (Lipinski definition) is 3. The van der Waals surface area contributed by atoms with Crippen molar-refractivity contribution in [2.75, 3.05) is 6.61 Å². The summed E-state index contributed by atoms with van der Waals surface area (Å²) >= 11 is 0. The van der Waals surface area contributed by atoms with Crippen LogP contribution in [0.5, 0.6) is 0 Å². The second kappa shape index (κ2) is 4.56. The molecule has 0 radical (unpaired) electrons. The summed E-state index contributed by atoms with van der Waals surface area (Å²) < 4.78 is 4.60. The fourth-order valence-electron chi connectivity index (χ4n) is 0.990. The molecule has 14 heavy (non-hydrogen) atoms. The predicted octanol–water partition coefficient (Wildman–Crippen LogP) is 1.74. The third kappa shape index (κ3) is 3.01. The Hall–Kier alpha value is -1.64. The van der Waals surface area contributed by atoms with Gasteiger partial charge in [-0.2, -0.15) is 0 Å².